The fraction of sp³-hybridized carbons (Fsp3) is 0.690. The molecule has 0 aliphatic carbocycles. The first kappa shape index (κ1) is 42.3. The highest BCUT2D eigenvalue weighted by Gasteiger charge is 2.44. The van der Waals surface area contributed by atoms with Crippen LogP contribution in [0.3, 0.4) is 0 Å². The molecule has 2 saturated heterocycles. The van der Waals surface area contributed by atoms with Crippen LogP contribution < -0.4 is 50.4 Å². The summed E-state index contributed by atoms with van der Waals surface area (Å²) in [5, 5.41) is 17.1. The van der Waals surface area contributed by atoms with Crippen LogP contribution in [0.2, 0.25) is 0 Å². The summed E-state index contributed by atoms with van der Waals surface area (Å²) >= 11 is 3.97. The fourth-order valence-corrected chi connectivity index (χ4v) is 5.98. The lowest BCUT2D eigenvalue weighted by Crippen LogP contribution is -2.59. The zero-order valence-corrected chi connectivity index (χ0v) is 29.3. The van der Waals surface area contributed by atoms with Crippen molar-refractivity contribution in [2.75, 3.05) is 31.9 Å². The highest BCUT2D eigenvalue weighted by atomic mass is 32.1. The van der Waals surface area contributed by atoms with Crippen LogP contribution in [0.15, 0.2) is 9.98 Å². The molecule has 0 spiro atoms. The van der Waals surface area contributed by atoms with Gasteiger partial charge >= 0.3 is 5.97 Å². The molecule has 2 heterocycles. The average Bonchev–Trinajstić information content (AvgIpc) is 3.76. The second-order valence-electron chi connectivity index (χ2n) is 12.3. The second kappa shape index (κ2) is 20.7. The van der Waals surface area contributed by atoms with Crippen molar-refractivity contribution in [3.8, 4) is 0 Å². The van der Waals surface area contributed by atoms with Gasteiger partial charge in [0.25, 0.3) is 0 Å². The predicted molar refractivity (Wildman–Crippen MR) is 188 cm³/mol. The molecule has 6 amide bonds. The van der Waals surface area contributed by atoms with Crippen molar-refractivity contribution in [1.82, 2.24) is 25.8 Å². The maximum atomic E-state index is 14.0. The number of hydrogen-bond acceptors (Lipinski definition) is 11. The van der Waals surface area contributed by atoms with E-state index in [9.17, 15) is 38.7 Å². The summed E-state index contributed by atoms with van der Waals surface area (Å²) in [6.07, 6.45) is 1.45. The molecule has 2 rings (SSSR count). The topological polar surface area (TPSA) is 363 Å². The third-order valence-electron chi connectivity index (χ3n) is 8.35. The lowest BCUT2D eigenvalue weighted by atomic mass is 10.1. The maximum Gasteiger partial charge on any atom is 0.326 e. The summed E-state index contributed by atoms with van der Waals surface area (Å²) < 4.78 is 0. The molecule has 2 aliphatic rings. The van der Waals surface area contributed by atoms with Gasteiger partial charge < -0.3 is 65.3 Å². The van der Waals surface area contributed by atoms with Crippen LogP contribution in [0.4, 0.5) is 0 Å². The summed E-state index contributed by atoms with van der Waals surface area (Å²) in [6, 6.07) is -6.98. The van der Waals surface area contributed by atoms with E-state index in [-0.39, 0.29) is 82.4 Å². The van der Waals surface area contributed by atoms with E-state index in [1.165, 1.54) is 9.80 Å². The van der Waals surface area contributed by atoms with Crippen molar-refractivity contribution in [2.45, 2.75) is 94.0 Å². The molecule has 286 valence electrons. The number of nitrogens with zero attached hydrogens (tertiary/aromatic N) is 4. The molecule has 2 fully saturated rings. The highest BCUT2D eigenvalue weighted by molar-refractivity contribution is 7.80. The molecule has 6 atom stereocenters. The molecule has 0 bridgehead atoms. The van der Waals surface area contributed by atoms with Crippen LogP contribution >= 0.6 is 12.6 Å². The molecule has 0 aromatic heterocycles. The molecule has 51 heavy (non-hydrogen) atoms. The largest absolute Gasteiger partial charge is 0.480 e. The Hall–Kier alpha value is -4.86. The molecule has 0 saturated carbocycles. The Bertz CT molecular complexity index is 1340. The number of primary amides is 1. The van der Waals surface area contributed by atoms with Crippen LogP contribution in [0.25, 0.3) is 0 Å². The van der Waals surface area contributed by atoms with E-state index in [2.05, 4.69) is 38.6 Å². The number of carboxylic acid groups (broad SMARTS) is 1. The minimum absolute atomic E-state index is 0.0145. The number of carbonyl (C=O) groups is 7. The number of aliphatic imine (C=N–C) groups is 2. The SMILES string of the molecule is NC(=O)C[C@H](NC(=O)[C@@H](N)CS)C(=O)N[C@@H](CCCN=C(N)N)C(=O)N1CCC[C@H]1C(=O)N1CCC[C@H]1C(=O)N[C@@H](CCCN=C(N)N)C(=O)O. The Kier molecular flexibility index (Phi) is 17.2. The molecule has 16 N–H and O–H groups in total. The number of hydrogen-bond donors (Lipinski definition) is 11. The average molecular weight is 742 g/mol. The lowest BCUT2D eigenvalue weighted by molar-refractivity contribution is -0.149. The Morgan fingerprint density at radius 2 is 1.27 bits per heavy atom. The van der Waals surface area contributed by atoms with Gasteiger partial charge in [-0.2, -0.15) is 12.6 Å². The van der Waals surface area contributed by atoms with E-state index in [1.807, 2.05) is 0 Å². The van der Waals surface area contributed by atoms with E-state index in [1.54, 1.807) is 0 Å². The van der Waals surface area contributed by atoms with E-state index in [0.29, 0.717) is 12.8 Å². The van der Waals surface area contributed by atoms with Gasteiger partial charge in [0.2, 0.25) is 35.4 Å². The third-order valence-corrected chi connectivity index (χ3v) is 8.74. The van der Waals surface area contributed by atoms with Crippen molar-refractivity contribution >= 4 is 66.0 Å². The first-order valence-electron chi connectivity index (χ1n) is 16.6. The Balaban J connectivity index is 2.24. The molecule has 22 heteroatoms. The minimum Gasteiger partial charge on any atom is -0.480 e. The van der Waals surface area contributed by atoms with Crippen LogP contribution in [-0.4, -0.2) is 136 Å². The van der Waals surface area contributed by atoms with Crippen LogP contribution in [0.1, 0.15) is 57.8 Å². The minimum atomic E-state index is -1.46. The number of amides is 6. The Labute approximate surface area is 300 Å². The van der Waals surface area contributed by atoms with Crippen molar-refractivity contribution in [3.63, 3.8) is 0 Å². The molecular weight excluding hydrogens is 690 g/mol. The lowest BCUT2D eigenvalue weighted by Gasteiger charge is -2.33. The van der Waals surface area contributed by atoms with Gasteiger partial charge in [-0.25, -0.2) is 4.79 Å². The molecule has 2 aliphatic heterocycles. The Morgan fingerprint density at radius 1 is 0.745 bits per heavy atom. The maximum absolute atomic E-state index is 14.0. The number of nitrogens with one attached hydrogen (secondary N) is 3. The monoisotopic (exact) mass is 741 g/mol. The van der Waals surface area contributed by atoms with Crippen LogP contribution in [0, 0.1) is 0 Å². The van der Waals surface area contributed by atoms with Crippen molar-refractivity contribution < 1.29 is 38.7 Å². The van der Waals surface area contributed by atoms with Crippen molar-refractivity contribution in [1.29, 1.82) is 0 Å². The van der Waals surface area contributed by atoms with Gasteiger partial charge in [0.05, 0.1) is 12.5 Å². The van der Waals surface area contributed by atoms with E-state index < -0.39 is 84.1 Å². The zero-order chi connectivity index (χ0) is 38.2. The molecule has 0 aromatic carbocycles. The normalized spacial score (nSPS) is 19.2. The van der Waals surface area contributed by atoms with Gasteiger partial charge in [-0.1, -0.05) is 0 Å². The standard InChI is InChI=1S/C29H51N13O8S/c30-15(14-51)22(44)40-18(13-21(31)43)23(45)38-16(5-1-9-36-28(32)33)25(47)42-12-4-8-20(42)26(48)41-11-3-7-19(41)24(46)39-17(27(49)50)6-2-10-37-29(34)35/h15-20,51H,1-14,30H2,(H2,31,43)(H,38,45)(H,39,46)(H,40,44)(H,49,50)(H4,32,33,36)(H4,34,35,37)/t15-,16-,17-,18-,19-,20-/m0/s1. The number of thiol groups is 1. The third kappa shape index (κ3) is 13.4. The van der Waals surface area contributed by atoms with E-state index in [4.69, 9.17) is 34.4 Å². The summed E-state index contributed by atoms with van der Waals surface area (Å²) in [7, 11) is 0. The van der Waals surface area contributed by atoms with Crippen molar-refractivity contribution in [2.24, 2.45) is 44.4 Å². The van der Waals surface area contributed by atoms with E-state index >= 15 is 0 Å². The number of likely N-dealkylation sites (tertiary alicyclic amines) is 2. The molecule has 0 unspecified atom stereocenters. The van der Waals surface area contributed by atoms with Gasteiger partial charge in [0.15, 0.2) is 11.9 Å². The summed E-state index contributed by atoms with van der Waals surface area (Å²) in [6.45, 7) is 0.648. The number of carboxylic acids is 1. The first-order valence-corrected chi connectivity index (χ1v) is 17.2. The summed E-state index contributed by atoms with van der Waals surface area (Å²) in [4.78, 5) is 101. The number of rotatable bonds is 20. The van der Waals surface area contributed by atoms with E-state index in [0.717, 1.165) is 0 Å². The molecule has 0 aromatic rings. The molecular formula is C29H51N13O8S. The zero-order valence-electron chi connectivity index (χ0n) is 28.4. The summed E-state index contributed by atoms with van der Waals surface area (Å²) in [5.74, 6) is -5.94. The van der Waals surface area contributed by atoms with Crippen LogP contribution in [0.5, 0.6) is 0 Å². The van der Waals surface area contributed by atoms with Gasteiger partial charge in [-0.3, -0.25) is 38.8 Å². The second-order valence-corrected chi connectivity index (χ2v) is 12.6. The first-order chi connectivity index (χ1) is 24.1. The highest BCUT2D eigenvalue weighted by Crippen LogP contribution is 2.26. The number of aliphatic carboxylic acids is 1. The number of nitrogens with two attached hydrogens (primary N) is 6. The van der Waals surface area contributed by atoms with Gasteiger partial charge in [-0.15, -0.1) is 0 Å². The summed E-state index contributed by atoms with van der Waals surface area (Å²) in [5.41, 5.74) is 32.4. The fourth-order valence-electron chi connectivity index (χ4n) is 5.82. The van der Waals surface area contributed by atoms with Gasteiger partial charge in [-0.05, 0) is 51.4 Å². The van der Waals surface area contributed by atoms with Crippen LogP contribution in [-0.2, 0) is 33.6 Å². The Morgan fingerprint density at radius 3 is 1.80 bits per heavy atom. The van der Waals surface area contributed by atoms with Gasteiger partial charge in [0, 0.05) is 31.9 Å². The molecule has 21 nitrogen and oxygen atoms in total. The number of carbonyl (C=O) groups excluding carboxylic acids is 6. The predicted octanol–water partition coefficient (Wildman–Crippen LogP) is -5.25. The number of guanidine groups is 2. The molecule has 0 radical (unpaired) electrons. The smallest absolute Gasteiger partial charge is 0.326 e. The van der Waals surface area contributed by atoms with Crippen molar-refractivity contribution in [3.05, 3.63) is 0 Å². The van der Waals surface area contributed by atoms with Gasteiger partial charge in [0.1, 0.15) is 30.2 Å². The quantitative estimate of drug-likeness (QED) is 0.0241.